The topological polar surface area (TPSA) is 48.7 Å². The molecule has 1 atom stereocenters. The first kappa shape index (κ1) is 17.0. The van der Waals surface area contributed by atoms with Crippen LogP contribution in [-0.4, -0.2) is 13.2 Å². The maximum absolute atomic E-state index is 13.3. The first-order valence-corrected chi connectivity index (χ1v) is 9.92. The highest BCUT2D eigenvalue weighted by Gasteiger charge is 2.42. The van der Waals surface area contributed by atoms with Gasteiger partial charge in [-0.1, -0.05) is 0 Å². The molecule has 2 aromatic rings. The summed E-state index contributed by atoms with van der Waals surface area (Å²) in [6.07, 6.45) is 1.56. The quantitative estimate of drug-likeness (QED) is 0.561. The van der Waals surface area contributed by atoms with E-state index in [0.717, 1.165) is 14.2 Å². The van der Waals surface area contributed by atoms with E-state index in [9.17, 15) is 4.57 Å². The first-order chi connectivity index (χ1) is 10.0. The summed E-state index contributed by atoms with van der Waals surface area (Å²) in [6, 6.07) is 5.72. The van der Waals surface area contributed by atoms with E-state index >= 15 is 0 Å². The Kier molecular flexibility index (Phi) is 5.86. The molecule has 0 aliphatic carbocycles. The van der Waals surface area contributed by atoms with E-state index in [1.54, 1.807) is 37.5 Å². The molecule has 4 nitrogen and oxygen atoms in total. The van der Waals surface area contributed by atoms with E-state index in [1.807, 2.05) is 19.1 Å². The zero-order valence-corrected chi connectivity index (χ0v) is 15.5. The van der Waals surface area contributed by atoms with Crippen molar-refractivity contribution in [1.29, 1.82) is 0 Å². The first-order valence-electron chi connectivity index (χ1n) is 6.69. The zero-order valence-electron chi connectivity index (χ0n) is 12.2. The second kappa shape index (κ2) is 7.25. The lowest BCUT2D eigenvalue weighted by Crippen LogP contribution is -2.07. The summed E-state index contributed by atoms with van der Waals surface area (Å²) in [4.78, 5) is 2.05. The molecule has 0 fully saturated rings. The minimum atomic E-state index is -3.37. The number of thiophene rings is 1. The molecule has 116 valence electrons. The molecular weight excluding hydrogens is 375 g/mol. The van der Waals surface area contributed by atoms with Crippen LogP contribution in [0.5, 0.6) is 0 Å². The van der Waals surface area contributed by atoms with Gasteiger partial charge in [0, 0.05) is 9.75 Å². The monoisotopic (exact) mass is 392 g/mol. The molecule has 0 spiro atoms. The molecule has 2 aromatic heterocycles. The number of halogens is 1. The lowest BCUT2D eigenvalue weighted by molar-refractivity contribution is 0.213. The maximum atomic E-state index is 13.3. The Balaban J connectivity index is 2.54. The van der Waals surface area contributed by atoms with Gasteiger partial charge in [0.25, 0.3) is 0 Å². The highest BCUT2D eigenvalue weighted by Crippen LogP contribution is 2.65. The van der Waals surface area contributed by atoms with Crippen LogP contribution in [0, 0.1) is 6.92 Å². The van der Waals surface area contributed by atoms with Crippen LogP contribution in [0.15, 0.2) is 33.4 Å². The Morgan fingerprint density at radius 1 is 1.29 bits per heavy atom. The van der Waals surface area contributed by atoms with E-state index in [-0.39, 0.29) is 0 Å². The largest absolute Gasteiger partial charge is 0.467 e. The Bertz CT molecular complexity index is 626. The van der Waals surface area contributed by atoms with Crippen molar-refractivity contribution in [2.75, 3.05) is 13.2 Å². The van der Waals surface area contributed by atoms with E-state index in [2.05, 4.69) is 15.9 Å². The number of aryl methyl sites for hydroxylation is 1. The molecule has 21 heavy (non-hydrogen) atoms. The lowest BCUT2D eigenvalue weighted by Gasteiger charge is -2.24. The molecule has 0 radical (unpaired) electrons. The van der Waals surface area contributed by atoms with Crippen molar-refractivity contribution in [3.05, 3.63) is 44.4 Å². The lowest BCUT2D eigenvalue weighted by atomic mass is 10.3. The molecule has 2 heterocycles. The number of furan rings is 1. The van der Waals surface area contributed by atoms with Crippen molar-refractivity contribution < 1.29 is 18.0 Å². The molecule has 0 saturated heterocycles. The van der Waals surface area contributed by atoms with Crippen LogP contribution < -0.4 is 0 Å². The van der Waals surface area contributed by atoms with E-state index < -0.39 is 13.3 Å². The van der Waals surface area contributed by atoms with E-state index in [1.165, 1.54) is 0 Å². The van der Waals surface area contributed by atoms with Gasteiger partial charge < -0.3 is 13.5 Å². The predicted octanol–water partition coefficient (Wildman–Crippen LogP) is 5.77. The Morgan fingerprint density at radius 2 is 1.95 bits per heavy atom. The summed E-state index contributed by atoms with van der Waals surface area (Å²) in [7, 11) is -3.37. The summed E-state index contributed by atoms with van der Waals surface area (Å²) in [5.41, 5.74) is -0.555. The van der Waals surface area contributed by atoms with Crippen LogP contribution in [0.2, 0.25) is 0 Å². The fourth-order valence-electron chi connectivity index (χ4n) is 2.08. The standard InChI is InChI=1S/C14H18BrO4PS/c1-4-18-20(16,19-5-2)14(12-7-6-10(3)21-12)13-11(15)8-9-17-13/h6-9,14H,4-5H2,1-3H3. The van der Waals surface area contributed by atoms with Crippen LogP contribution >= 0.6 is 34.9 Å². The molecule has 0 aliphatic rings. The van der Waals surface area contributed by atoms with Gasteiger partial charge in [-0.25, -0.2) is 0 Å². The summed E-state index contributed by atoms with van der Waals surface area (Å²) in [5, 5.41) is 0. The molecule has 0 amide bonds. The molecule has 0 aliphatic heterocycles. The minimum absolute atomic E-state index is 0.316. The van der Waals surface area contributed by atoms with Gasteiger partial charge in [-0.05, 0) is 54.9 Å². The number of rotatable bonds is 7. The SMILES string of the molecule is CCOP(=O)(OCC)C(c1ccc(C)s1)c1occc1Br. The van der Waals surface area contributed by atoms with Gasteiger partial charge in [0.1, 0.15) is 5.76 Å². The van der Waals surface area contributed by atoms with Crippen LogP contribution in [-0.2, 0) is 13.6 Å². The third-order valence-electron chi connectivity index (χ3n) is 2.86. The van der Waals surface area contributed by atoms with Gasteiger partial charge in [-0.15, -0.1) is 11.3 Å². The second-order valence-electron chi connectivity index (χ2n) is 4.36. The van der Waals surface area contributed by atoms with Crippen molar-refractivity contribution in [2.24, 2.45) is 0 Å². The smallest absolute Gasteiger partial charge is 0.346 e. The second-order valence-corrected chi connectivity index (χ2v) is 8.65. The molecule has 0 N–H and O–H groups in total. The van der Waals surface area contributed by atoms with E-state index in [4.69, 9.17) is 13.5 Å². The van der Waals surface area contributed by atoms with Crippen LogP contribution in [0.25, 0.3) is 0 Å². The average molecular weight is 393 g/mol. The maximum Gasteiger partial charge on any atom is 0.346 e. The Labute approximate surface area is 137 Å². The highest BCUT2D eigenvalue weighted by molar-refractivity contribution is 9.10. The minimum Gasteiger partial charge on any atom is -0.467 e. The highest BCUT2D eigenvalue weighted by atomic mass is 79.9. The van der Waals surface area contributed by atoms with Crippen LogP contribution in [0.3, 0.4) is 0 Å². The number of hydrogen-bond donors (Lipinski definition) is 0. The fraction of sp³-hybridized carbons (Fsp3) is 0.429. The van der Waals surface area contributed by atoms with Crippen molar-refractivity contribution in [1.82, 2.24) is 0 Å². The third-order valence-corrected chi connectivity index (χ3v) is 7.13. The molecule has 2 rings (SSSR count). The Hall–Kier alpha value is -0.390. The molecule has 0 aromatic carbocycles. The average Bonchev–Trinajstić information content (AvgIpc) is 3.01. The summed E-state index contributed by atoms with van der Waals surface area (Å²) in [6.45, 7) is 6.25. The van der Waals surface area contributed by atoms with Gasteiger partial charge in [-0.3, -0.25) is 4.57 Å². The van der Waals surface area contributed by atoms with Crippen molar-refractivity contribution in [3.8, 4) is 0 Å². The normalized spacial score (nSPS) is 13.5. The van der Waals surface area contributed by atoms with Gasteiger partial charge in [-0.2, -0.15) is 0 Å². The summed E-state index contributed by atoms with van der Waals surface area (Å²) >= 11 is 5.01. The predicted molar refractivity (Wildman–Crippen MR) is 88.2 cm³/mol. The van der Waals surface area contributed by atoms with Crippen molar-refractivity contribution >= 4 is 34.9 Å². The molecular formula is C14H18BrO4PS. The van der Waals surface area contributed by atoms with Gasteiger partial charge in [0.05, 0.1) is 23.9 Å². The summed E-state index contributed by atoms with van der Waals surface area (Å²) < 4.78 is 30.6. The Morgan fingerprint density at radius 3 is 2.38 bits per heavy atom. The molecule has 0 bridgehead atoms. The van der Waals surface area contributed by atoms with Gasteiger partial charge in [0.15, 0.2) is 5.66 Å². The van der Waals surface area contributed by atoms with Crippen molar-refractivity contribution in [2.45, 2.75) is 26.4 Å². The molecule has 7 heteroatoms. The fourth-order valence-corrected chi connectivity index (χ4v) is 6.07. The van der Waals surface area contributed by atoms with Crippen LogP contribution in [0.1, 0.15) is 35.0 Å². The molecule has 1 unspecified atom stereocenters. The third kappa shape index (κ3) is 3.69. The number of hydrogen-bond acceptors (Lipinski definition) is 5. The van der Waals surface area contributed by atoms with E-state index in [0.29, 0.717) is 19.0 Å². The zero-order chi connectivity index (χ0) is 15.5. The van der Waals surface area contributed by atoms with Gasteiger partial charge in [0.2, 0.25) is 0 Å². The van der Waals surface area contributed by atoms with Gasteiger partial charge >= 0.3 is 7.60 Å². The summed E-state index contributed by atoms with van der Waals surface area (Å²) in [5.74, 6) is 0.571. The van der Waals surface area contributed by atoms with Crippen LogP contribution in [0.4, 0.5) is 0 Å². The van der Waals surface area contributed by atoms with Crippen molar-refractivity contribution in [3.63, 3.8) is 0 Å². The molecule has 0 saturated carbocycles.